The normalized spacial score (nSPS) is 58.2. The summed E-state index contributed by atoms with van der Waals surface area (Å²) in [7, 11) is 1.57. The lowest BCUT2D eigenvalue weighted by Gasteiger charge is -2.41. The molecule has 0 amide bonds. The van der Waals surface area contributed by atoms with Crippen molar-refractivity contribution in [3.8, 4) is 0 Å². The van der Waals surface area contributed by atoms with E-state index < -0.39 is 17.5 Å². The molecule has 1 aliphatic heterocycles. The van der Waals surface area contributed by atoms with Gasteiger partial charge in [-0.25, -0.2) is 0 Å². The van der Waals surface area contributed by atoms with Crippen molar-refractivity contribution < 1.29 is 19.7 Å². The smallest absolute Gasteiger partial charge is 0.202 e. The van der Waals surface area contributed by atoms with Crippen molar-refractivity contribution in [2.24, 2.45) is 5.41 Å². The van der Waals surface area contributed by atoms with Crippen molar-refractivity contribution >= 4 is 0 Å². The van der Waals surface area contributed by atoms with Crippen molar-refractivity contribution in [1.82, 2.24) is 0 Å². The van der Waals surface area contributed by atoms with Crippen LogP contribution in [0.1, 0.15) is 32.1 Å². The Kier molecular flexibility index (Phi) is 1.83. The minimum Gasteiger partial charge on any atom is -0.387 e. The van der Waals surface area contributed by atoms with E-state index in [9.17, 15) is 10.2 Å². The molecule has 0 unspecified atom stereocenters. The molecule has 1 spiro atoms. The second-order valence-electron chi connectivity index (χ2n) is 5.18. The van der Waals surface area contributed by atoms with E-state index in [1.807, 2.05) is 0 Å². The zero-order valence-corrected chi connectivity index (χ0v) is 9.03. The van der Waals surface area contributed by atoms with Crippen molar-refractivity contribution in [2.75, 3.05) is 13.7 Å². The molecule has 3 fully saturated rings. The van der Waals surface area contributed by atoms with Crippen LogP contribution in [0.5, 0.6) is 0 Å². The topological polar surface area (TPSA) is 58.9 Å². The molecule has 0 bridgehead atoms. The first-order valence-corrected chi connectivity index (χ1v) is 5.70. The molecule has 4 heteroatoms. The highest BCUT2D eigenvalue weighted by molar-refractivity contribution is 5.20. The lowest BCUT2D eigenvalue weighted by molar-refractivity contribution is -0.275. The van der Waals surface area contributed by atoms with Gasteiger partial charge in [-0.3, -0.25) is 0 Å². The van der Waals surface area contributed by atoms with Crippen LogP contribution in [-0.4, -0.2) is 41.4 Å². The van der Waals surface area contributed by atoms with Gasteiger partial charge in [0.2, 0.25) is 5.79 Å². The Morgan fingerprint density at radius 1 is 1.33 bits per heavy atom. The van der Waals surface area contributed by atoms with E-state index in [1.54, 1.807) is 7.11 Å². The van der Waals surface area contributed by atoms with Crippen LogP contribution >= 0.6 is 0 Å². The second-order valence-corrected chi connectivity index (χ2v) is 5.18. The van der Waals surface area contributed by atoms with E-state index in [2.05, 4.69) is 0 Å². The van der Waals surface area contributed by atoms with Crippen LogP contribution in [0.4, 0.5) is 0 Å². The molecule has 0 aromatic carbocycles. The third-order valence-electron chi connectivity index (χ3n) is 4.86. The predicted octanol–water partition coefficient (Wildman–Crippen LogP) is 0.415. The van der Waals surface area contributed by atoms with Gasteiger partial charge in [-0.15, -0.1) is 0 Å². The third kappa shape index (κ3) is 0.848. The van der Waals surface area contributed by atoms with Crippen LogP contribution < -0.4 is 0 Å². The maximum Gasteiger partial charge on any atom is 0.202 e. The molecule has 0 radical (unpaired) electrons. The van der Waals surface area contributed by atoms with Crippen LogP contribution in [-0.2, 0) is 9.47 Å². The molecule has 0 aromatic rings. The summed E-state index contributed by atoms with van der Waals surface area (Å²) in [6.45, 7) is 0.303. The molecule has 4 atom stereocenters. The Labute approximate surface area is 89.2 Å². The Hall–Kier alpha value is -0.160. The maximum absolute atomic E-state index is 10.6. The number of hydrogen-bond acceptors (Lipinski definition) is 4. The van der Waals surface area contributed by atoms with Gasteiger partial charge in [0, 0.05) is 7.11 Å². The SMILES string of the molecule is CO[C@]12OC[C@]3(O)CCC[C@@]31CC[C@@H]2O. The van der Waals surface area contributed by atoms with Gasteiger partial charge in [0.05, 0.1) is 17.6 Å². The summed E-state index contributed by atoms with van der Waals surface area (Å²) in [5.41, 5.74) is -1.14. The molecule has 2 N–H and O–H groups in total. The Morgan fingerprint density at radius 2 is 2.13 bits per heavy atom. The summed E-state index contributed by atoms with van der Waals surface area (Å²) < 4.78 is 11.1. The van der Waals surface area contributed by atoms with Crippen molar-refractivity contribution in [3.63, 3.8) is 0 Å². The standard InChI is InChI=1S/C11H18O4/c1-14-11-8(12)3-6-9(11)4-2-5-10(9,13)7-15-11/h8,12-13H,2-7H2,1H3/t8-,9+,10+,11+/m0/s1. The molecular formula is C11H18O4. The molecule has 0 aromatic heterocycles. The van der Waals surface area contributed by atoms with Gasteiger partial charge in [0.15, 0.2) is 0 Å². The monoisotopic (exact) mass is 214 g/mol. The fraction of sp³-hybridized carbons (Fsp3) is 1.00. The Balaban J connectivity index is 2.11. The number of aliphatic hydroxyl groups excluding tert-OH is 1. The van der Waals surface area contributed by atoms with E-state index >= 15 is 0 Å². The van der Waals surface area contributed by atoms with E-state index in [0.29, 0.717) is 13.0 Å². The number of aliphatic hydroxyl groups is 2. The minimum absolute atomic E-state index is 0.303. The zero-order chi connectivity index (χ0) is 10.7. The van der Waals surface area contributed by atoms with Crippen molar-refractivity contribution in [1.29, 1.82) is 0 Å². The van der Waals surface area contributed by atoms with Gasteiger partial charge in [-0.05, 0) is 32.1 Å². The predicted molar refractivity (Wildman–Crippen MR) is 52.2 cm³/mol. The fourth-order valence-electron chi connectivity index (χ4n) is 4.14. The van der Waals surface area contributed by atoms with Crippen LogP contribution in [0.3, 0.4) is 0 Å². The average molecular weight is 214 g/mol. The second kappa shape index (κ2) is 2.74. The van der Waals surface area contributed by atoms with Crippen LogP contribution in [0.15, 0.2) is 0 Å². The van der Waals surface area contributed by atoms with Gasteiger partial charge >= 0.3 is 0 Å². The summed E-state index contributed by atoms with van der Waals surface area (Å²) >= 11 is 0. The van der Waals surface area contributed by atoms with Crippen molar-refractivity contribution in [2.45, 2.75) is 49.6 Å². The Morgan fingerprint density at radius 3 is 2.87 bits per heavy atom. The highest BCUT2D eigenvalue weighted by Crippen LogP contribution is 2.66. The van der Waals surface area contributed by atoms with Gasteiger partial charge in [0.1, 0.15) is 6.10 Å². The van der Waals surface area contributed by atoms with Crippen LogP contribution in [0.2, 0.25) is 0 Å². The lowest BCUT2D eigenvalue weighted by Crippen LogP contribution is -2.54. The summed E-state index contributed by atoms with van der Waals surface area (Å²) in [4.78, 5) is 0. The molecule has 1 heterocycles. The lowest BCUT2D eigenvalue weighted by atomic mass is 9.71. The van der Waals surface area contributed by atoms with E-state index in [4.69, 9.17) is 9.47 Å². The Bertz CT molecular complexity index is 294. The molecule has 3 rings (SSSR count). The van der Waals surface area contributed by atoms with E-state index in [1.165, 1.54) is 0 Å². The number of methoxy groups -OCH3 is 1. The first-order valence-electron chi connectivity index (χ1n) is 5.70. The molecule has 3 aliphatic rings. The van der Waals surface area contributed by atoms with E-state index in [0.717, 1.165) is 25.7 Å². The number of ether oxygens (including phenoxy) is 2. The molecule has 15 heavy (non-hydrogen) atoms. The van der Waals surface area contributed by atoms with Gasteiger partial charge in [-0.2, -0.15) is 0 Å². The zero-order valence-electron chi connectivity index (χ0n) is 9.03. The van der Waals surface area contributed by atoms with Crippen LogP contribution in [0, 0.1) is 5.41 Å². The average Bonchev–Trinajstić information content (AvgIpc) is 2.75. The molecular weight excluding hydrogens is 196 g/mol. The fourth-order valence-corrected chi connectivity index (χ4v) is 4.14. The highest BCUT2D eigenvalue weighted by Gasteiger charge is 2.76. The third-order valence-corrected chi connectivity index (χ3v) is 4.86. The molecule has 2 saturated carbocycles. The largest absolute Gasteiger partial charge is 0.387 e. The first kappa shape index (κ1) is 10.0. The maximum atomic E-state index is 10.6. The molecule has 4 nitrogen and oxygen atoms in total. The van der Waals surface area contributed by atoms with Gasteiger partial charge in [-0.1, -0.05) is 0 Å². The quantitative estimate of drug-likeness (QED) is 0.664. The van der Waals surface area contributed by atoms with Crippen molar-refractivity contribution in [3.05, 3.63) is 0 Å². The summed E-state index contributed by atoms with van der Waals surface area (Å²) in [5, 5.41) is 20.6. The number of rotatable bonds is 1. The molecule has 86 valence electrons. The minimum atomic E-state index is -0.946. The molecule has 2 aliphatic carbocycles. The number of hydrogen-bond donors (Lipinski definition) is 2. The van der Waals surface area contributed by atoms with E-state index in [-0.39, 0.29) is 5.41 Å². The highest BCUT2D eigenvalue weighted by atomic mass is 16.7. The van der Waals surface area contributed by atoms with Crippen LogP contribution in [0.25, 0.3) is 0 Å². The summed E-state index contributed by atoms with van der Waals surface area (Å²) in [6, 6.07) is 0. The van der Waals surface area contributed by atoms with Gasteiger partial charge < -0.3 is 19.7 Å². The van der Waals surface area contributed by atoms with Gasteiger partial charge in [0.25, 0.3) is 0 Å². The molecule has 1 saturated heterocycles. The first-order chi connectivity index (χ1) is 7.10. The summed E-state index contributed by atoms with van der Waals surface area (Å²) in [5.74, 6) is -0.946. The summed E-state index contributed by atoms with van der Waals surface area (Å²) in [6.07, 6.45) is 3.53.